The lowest BCUT2D eigenvalue weighted by molar-refractivity contribution is -0.125. The molecule has 1 fully saturated rings. The van der Waals surface area contributed by atoms with Gasteiger partial charge in [0.25, 0.3) is 0 Å². The standard InChI is InChI=1S/C15H22N2O/c16-14-8-6-12(7-9-14)10-11-17-15(18)13-4-2-1-3-5-13/h6-9,13H,1-5,10-11,16H2,(H,17,18). The van der Waals surface area contributed by atoms with Gasteiger partial charge in [0.05, 0.1) is 0 Å². The van der Waals surface area contributed by atoms with Crippen LogP contribution in [0.15, 0.2) is 24.3 Å². The molecule has 0 atom stereocenters. The average molecular weight is 246 g/mol. The summed E-state index contributed by atoms with van der Waals surface area (Å²) in [5.41, 5.74) is 7.63. The van der Waals surface area contributed by atoms with Crippen LogP contribution in [0.4, 0.5) is 5.69 Å². The van der Waals surface area contributed by atoms with Crippen LogP contribution in [0.5, 0.6) is 0 Å². The van der Waals surface area contributed by atoms with Crippen molar-refractivity contribution >= 4 is 11.6 Å². The molecule has 1 amide bonds. The molecule has 1 aromatic carbocycles. The predicted octanol–water partition coefficient (Wildman–Crippen LogP) is 2.51. The molecule has 0 radical (unpaired) electrons. The van der Waals surface area contributed by atoms with E-state index in [9.17, 15) is 4.79 Å². The second-order valence-electron chi connectivity index (χ2n) is 5.12. The van der Waals surface area contributed by atoms with E-state index in [0.29, 0.717) is 0 Å². The van der Waals surface area contributed by atoms with Crippen LogP contribution in [0.3, 0.4) is 0 Å². The van der Waals surface area contributed by atoms with Gasteiger partial charge < -0.3 is 11.1 Å². The fourth-order valence-corrected chi connectivity index (χ4v) is 2.52. The van der Waals surface area contributed by atoms with Crippen LogP contribution in [0.1, 0.15) is 37.7 Å². The summed E-state index contributed by atoms with van der Waals surface area (Å²) in [5, 5.41) is 3.05. The van der Waals surface area contributed by atoms with Crippen LogP contribution in [-0.2, 0) is 11.2 Å². The maximum atomic E-state index is 11.9. The van der Waals surface area contributed by atoms with Crippen molar-refractivity contribution < 1.29 is 4.79 Å². The Morgan fingerprint density at radius 3 is 2.50 bits per heavy atom. The zero-order valence-electron chi connectivity index (χ0n) is 10.8. The molecule has 3 heteroatoms. The lowest BCUT2D eigenvalue weighted by atomic mass is 9.88. The molecule has 1 aromatic rings. The zero-order chi connectivity index (χ0) is 12.8. The van der Waals surface area contributed by atoms with Gasteiger partial charge in [0, 0.05) is 18.2 Å². The third-order valence-corrected chi connectivity index (χ3v) is 3.67. The molecular formula is C15H22N2O. The molecule has 18 heavy (non-hydrogen) atoms. The lowest BCUT2D eigenvalue weighted by Crippen LogP contribution is -2.33. The number of nitrogens with one attached hydrogen (secondary N) is 1. The Balaban J connectivity index is 1.71. The van der Waals surface area contributed by atoms with Crippen LogP contribution in [0.25, 0.3) is 0 Å². The van der Waals surface area contributed by atoms with E-state index >= 15 is 0 Å². The minimum absolute atomic E-state index is 0.241. The second-order valence-corrected chi connectivity index (χ2v) is 5.12. The van der Waals surface area contributed by atoms with E-state index in [-0.39, 0.29) is 11.8 Å². The Kier molecular flexibility index (Phi) is 4.62. The first-order valence-electron chi connectivity index (χ1n) is 6.88. The second kappa shape index (κ2) is 6.43. The molecule has 3 nitrogen and oxygen atoms in total. The number of nitrogens with two attached hydrogens (primary N) is 1. The summed E-state index contributed by atoms with van der Waals surface area (Å²) in [6, 6.07) is 7.83. The van der Waals surface area contributed by atoms with Gasteiger partial charge in [-0.2, -0.15) is 0 Å². The Hall–Kier alpha value is -1.51. The van der Waals surface area contributed by atoms with Gasteiger partial charge in [-0.3, -0.25) is 4.79 Å². The van der Waals surface area contributed by atoms with Gasteiger partial charge in [0.1, 0.15) is 0 Å². The summed E-state index contributed by atoms with van der Waals surface area (Å²) in [7, 11) is 0. The van der Waals surface area contributed by atoms with Gasteiger partial charge in [0.2, 0.25) is 5.91 Å². The topological polar surface area (TPSA) is 55.1 Å². The number of carbonyl (C=O) groups is 1. The van der Waals surface area contributed by atoms with Crippen LogP contribution in [0.2, 0.25) is 0 Å². The van der Waals surface area contributed by atoms with Crippen molar-refractivity contribution in [3.8, 4) is 0 Å². The van der Waals surface area contributed by atoms with E-state index in [0.717, 1.165) is 31.5 Å². The third kappa shape index (κ3) is 3.76. The Bertz CT molecular complexity index is 380. The van der Waals surface area contributed by atoms with Gasteiger partial charge in [-0.25, -0.2) is 0 Å². The summed E-state index contributed by atoms with van der Waals surface area (Å²) in [6.07, 6.45) is 6.70. The molecule has 3 N–H and O–H groups in total. The van der Waals surface area contributed by atoms with Gasteiger partial charge in [0.15, 0.2) is 0 Å². The van der Waals surface area contributed by atoms with E-state index in [1.165, 1.54) is 24.8 Å². The minimum Gasteiger partial charge on any atom is -0.399 e. The molecule has 2 rings (SSSR count). The predicted molar refractivity (Wildman–Crippen MR) is 74.1 cm³/mol. The van der Waals surface area contributed by atoms with E-state index in [1.54, 1.807) is 0 Å². The number of hydrogen-bond acceptors (Lipinski definition) is 2. The van der Waals surface area contributed by atoms with Gasteiger partial charge in [-0.05, 0) is 37.0 Å². The fraction of sp³-hybridized carbons (Fsp3) is 0.533. The number of hydrogen-bond donors (Lipinski definition) is 2. The number of amides is 1. The molecular weight excluding hydrogens is 224 g/mol. The monoisotopic (exact) mass is 246 g/mol. The maximum absolute atomic E-state index is 11.9. The van der Waals surface area contributed by atoms with E-state index in [1.807, 2.05) is 24.3 Å². The van der Waals surface area contributed by atoms with Crippen LogP contribution < -0.4 is 11.1 Å². The van der Waals surface area contributed by atoms with Gasteiger partial charge in [-0.15, -0.1) is 0 Å². The number of carbonyl (C=O) groups excluding carboxylic acids is 1. The van der Waals surface area contributed by atoms with Crippen LogP contribution in [-0.4, -0.2) is 12.5 Å². The maximum Gasteiger partial charge on any atom is 0.223 e. The summed E-state index contributed by atoms with van der Waals surface area (Å²) in [5.74, 6) is 0.496. The van der Waals surface area contributed by atoms with E-state index in [2.05, 4.69) is 5.32 Å². The van der Waals surface area contributed by atoms with E-state index < -0.39 is 0 Å². The molecule has 0 saturated heterocycles. The summed E-state index contributed by atoms with van der Waals surface area (Å²) >= 11 is 0. The summed E-state index contributed by atoms with van der Waals surface area (Å²) in [4.78, 5) is 11.9. The van der Waals surface area contributed by atoms with Crippen molar-refractivity contribution in [3.05, 3.63) is 29.8 Å². The van der Waals surface area contributed by atoms with E-state index in [4.69, 9.17) is 5.73 Å². The molecule has 1 aliphatic carbocycles. The SMILES string of the molecule is Nc1ccc(CCNC(=O)C2CCCCC2)cc1. The van der Waals surface area contributed by atoms with Crippen LogP contribution in [0, 0.1) is 5.92 Å². The summed E-state index contributed by atoms with van der Waals surface area (Å²) < 4.78 is 0. The third-order valence-electron chi connectivity index (χ3n) is 3.67. The molecule has 0 spiro atoms. The highest BCUT2D eigenvalue weighted by molar-refractivity contribution is 5.78. The first-order valence-corrected chi connectivity index (χ1v) is 6.88. The molecule has 0 aromatic heterocycles. The van der Waals surface area contributed by atoms with Crippen LogP contribution >= 0.6 is 0 Å². The Morgan fingerprint density at radius 2 is 1.83 bits per heavy atom. The minimum atomic E-state index is 0.241. The molecule has 1 aliphatic rings. The number of benzene rings is 1. The highest BCUT2D eigenvalue weighted by Crippen LogP contribution is 2.23. The smallest absolute Gasteiger partial charge is 0.223 e. The molecule has 1 saturated carbocycles. The van der Waals surface area contributed by atoms with Crippen molar-refractivity contribution in [1.82, 2.24) is 5.32 Å². The Labute approximate surface area is 109 Å². The molecule has 0 bridgehead atoms. The highest BCUT2D eigenvalue weighted by atomic mass is 16.1. The van der Waals surface area contributed by atoms with Gasteiger partial charge in [-0.1, -0.05) is 31.4 Å². The molecule has 0 aliphatic heterocycles. The molecule has 0 unspecified atom stereocenters. The average Bonchev–Trinajstić information content (AvgIpc) is 2.42. The molecule has 0 heterocycles. The Morgan fingerprint density at radius 1 is 1.17 bits per heavy atom. The van der Waals surface area contributed by atoms with Crippen molar-refractivity contribution in [2.75, 3.05) is 12.3 Å². The quantitative estimate of drug-likeness (QED) is 0.802. The normalized spacial score (nSPS) is 16.4. The first kappa shape index (κ1) is 12.9. The van der Waals surface area contributed by atoms with Crippen molar-refractivity contribution in [1.29, 1.82) is 0 Å². The van der Waals surface area contributed by atoms with Crippen molar-refractivity contribution in [2.45, 2.75) is 38.5 Å². The number of nitrogen functional groups attached to an aromatic ring is 1. The fourth-order valence-electron chi connectivity index (χ4n) is 2.52. The first-order chi connectivity index (χ1) is 8.75. The largest absolute Gasteiger partial charge is 0.399 e. The number of anilines is 1. The lowest BCUT2D eigenvalue weighted by Gasteiger charge is -2.20. The highest BCUT2D eigenvalue weighted by Gasteiger charge is 2.20. The van der Waals surface area contributed by atoms with Gasteiger partial charge >= 0.3 is 0 Å². The number of rotatable bonds is 4. The molecule has 98 valence electrons. The van der Waals surface area contributed by atoms with Crippen molar-refractivity contribution in [3.63, 3.8) is 0 Å². The summed E-state index contributed by atoms with van der Waals surface area (Å²) in [6.45, 7) is 0.721. The zero-order valence-corrected chi connectivity index (χ0v) is 10.8. The van der Waals surface area contributed by atoms with Crippen molar-refractivity contribution in [2.24, 2.45) is 5.92 Å².